The number of halogens is 1. The topological polar surface area (TPSA) is 33.7 Å². The number of nitrogens with zero attached hydrogens (tertiary/aromatic N) is 1. The highest BCUT2D eigenvalue weighted by molar-refractivity contribution is 5.50. The first kappa shape index (κ1) is 16.2. The molecule has 1 aliphatic rings. The maximum atomic E-state index is 13.8. The van der Waals surface area contributed by atoms with Crippen LogP contribution in [0.15, 0.2) is 18.2 Å². The van der Waals surface area contributed by atoms with E-state index < -0.39 is 0 Å². The highest BCUT2D eigenvalue weighted by Gasteiger charge is 2.33. The van der Waals surface area contributed by atoms with Crippen molar-refractivity contribution in [2.24, 2.45) is 0 Å². The second-order valence-corrected chi connectivity index (χ2v) is 5.45. The fourth-order valence-corrected chi connectivity index (χ4v) is 2.74. The lowest BCUT2D eigenvalue weighted by Gasteiger charge is -2.19. The van der Waals surface area contributed by atoms with Crippen LogP contribution < -0.4 is 10.2 Å². The third-order valence-corrected chi connectivity index (χ3v) is 3.88. The molecule has 2 rings (SSSR count). The van der Waals surface area contributed by atoms with Crippen molar-refractivity contribution in [3.63, 3.8) is 0 Å². The van der Waals surface area contributed by atoms with E-state index in [1.54, 1.807) is 26.4 Å². The molecule has 2 unspecified atom stereocenters. The van der Waals surface area contributed by atoms with Crippen molar-refractivity contribution in [1.82, 2.24) is 5.32 Å². The van der Waals surface area contributed by atoms with Crippen molar-refractivity contribution < 1.29 is 13.9 Å². The van der Waals surface area contributed by atoms with Gasteiger partial charge >= 0.3 is 0 Å². The van der Waals surface area contributed by atoms with Crippen LogP contribution in [0.4, 0.5) is 10.1 Å². The summed E-state index contributed by atoms with van der Waals surface area (Å²) in [6.07, 6.45) is 1.12. The average molecular weight is 296 g/mol. The van der Waals surface area contributed by atoms with Crippen molar-refractivity contribution >= 4 is 5.69 Å². The number of rotatable bonds is 7. The van der Waals surface area contributed by atoms with E-state index >= 15 is 0 Å². The summed E-state index contributed by atoms with van der Waals surface area (Å²) in [4.78, 5) is 2.12. The van der Waals surface area contributed by atoms with E-state index in [1.165, 1.54) is 0 Å². The van der Waals surface area contributed by atoms with Crippen molar-refractivity contribution in [1.29, 1.82) is 0 Å². The molecule has 0 aliphatic carbocycles. The van der Waals surface area contributed by atoms with Crippen LogP contribution in [0.5, 0.6) is 0 Å². The number of ether oxygens (including phenoxy) is 2. The minimum Gasteiger partial charge on any atom is -0.377 e. The van der Waals surface area contributed by atoms with Crippen LogP contribution in [0, 0.1) is 5.82 Å². The van der Waals surface area contributed by atoms with Gasteiger partial charge in [0.05, 0.1) is 0 Å². The highest BCUT2D eigenvalue weighted by Crippen LogP contribution is 2.25. The Morgan fingerprint density at radius 2 is 1.86 bits per heavy atom. The van der Waals surface area contributed by atoms with Gasteiger partial charge in [-0.2, -0.15) is 0 Å². The van der Waals surface area contributed by atoms with Gasteiger partial charge in [-0.05, 0) is 36.7 Å². The number of nitrogens with one attached hydrogen (secondary N) is 1. The predicted molar refractivity (Wildman–Crippen MR) is 82.2 cm³/mol. The zero-order chi connectivity index (χ0) is 15.2. The van der Waals surface area contributed by atoms with Crippen LogP contribution in [0.2, 0.25) is 0 Å². The van der Waals surface area contributed by atoms with Crippen molar-refractivity contribution in [2.45, 2.75) is 32.1 Å². The summed E-state index contributed by atoms with van der Waals surface area (Å²) in [5, 5.41) is 3.30. The Balaban J connectivity index is 2.09. The van der Waals surface area contributed by atoms with Crippen molar-refractivity contribution in [3.8, 4) is 0 Å². The molecule has 1 N–H and O–H groups in total. The quantitative estimate of drug-likeness (QED) is 0.782. The van der Waals surface area contributed by atoms with Crippen LogP contribution in [-0.2, 0) is 16.0 Å². The van der Waals surface area contributed by atoms with Crippen LogP contribution in [-0.4, -0.2) is 46.1 Å². The molecule has 118 valence electrons. The smallest absolute Gasteiger partial charge is 0.125 e. The zero-order valence-corrected chi connectivity index (χ0v) is 13.1. The van der Waals surface area contributed by atoms with E-state index in [-0.39, 0.29) is 18.0 Å². The molecular weight excluding hydrogens is 271 g/mol. The van der Waals surface area contributed by atoms with Gasteiger partial charge in [0.25, 0.3) is 0 Å². The van der Waals surface area contributed by atoms with E-state index in [0.717, 1.165) is 37.3 Å². The first-order chi connectivity index (χ1) is 10.2. The van der Waals surface area contributed by atoms with Crippen LogP contribution in [0.1, 0.15) is 18.9 Å². The number of benzene rings is 1. The summed E-state index contributed by atoms with van der Waals surface area (Å²) in [5.74, 6) is -0.198. The molecule has 1 aromatic carbocycles. The standard InChI is InChI=1S/C16H25FN2O2/c1-4-5-18-9-12-6-13(17)8-14(7-12)19-10-15(20-2)16(11-19)21-3/h6-8,15-16,18H,4-5,9-11H2,1-3H3. The maximum absolute atomic E-state index is 13.8. The minimum atomic E-state index is -0.198. The Morgan fingerprint density at radius 1 is 1.19 bits per heavy atom. The summed E-state index contributed by atoms with van der Waals surface area (Å²) in [6.45, 7) is 5.19. The monoisotopic (exact) mass is 296 g/mol. The second kappa shape index (κ2) is 7.73. The Bertz CT molecular complexity index is 444. The molecule has 0 saturated carbocycles. The molecule has 2 atom stereocenters. The Labute approximate surface area is 126 Å². The lowest BCUT2D eigenvalue weighted by Crippen LogP contribution is -2.27. The van der Waals surface area contributed by atoms with Crippen LogP contribution in [0.3, 0.4) is 0 Å². The molecule has 21 heavy (non-hydrogen) atoms. The Hall–Kier alpha value is -1.17. The molecule has 0 amide bonds. The van der Waals surface area contributed by atoms with Gasteiger partial charge in [0.2, 0.25) is 0 Å². The van der Waals surface area contributed by atoms with Gasteiger partial charge in [0.15, 0.2) is 0 Å². The molecule has 0 radical (unpaired) electrons. The SMILES string of the molecule is CCCNCc1cc(F)cc(N2CC(OC)C(OC)C2)c1. The van der Waals surface area contributed by atoms with Gasteiger partial charge in [-0.25, -0.2) is 4.39 Å². The number of anilines is 1. The second-order valence-electron chi connectivity index (χ2n) is 5.45. The van der Waals surface area contributed by atoms with E-state index in [1.807, 2.05) is 6.07 Å². The normalized spacial score (nSPS) is 22.0. The first-order valence-corrected chi connectivity index (χ1v) is 7.48. The molecule has 0 aromatic heterocycles. The lowest BCUT2D eigenvalue weighted by atomic mass is 10.1. The maximum Gasteiger partial charge on any atom is 0.125 e. The predicted octanol–water partition coefficient (Wildman–Crippen LogP) is 2.18. The molecule has 1 saturated heterocycles. The average Bonchev–Trinajstić information content (AvgIpc) is 2.90. The van der Waals surface area contributed by atoms with Crippen LogP contribution in [0.25, 0.3) is 0 Å². The summed E-state index contributed by atoms with van der Waals surface area (Å²) >= 11 is 0. The highest BCUT2D eigenvalue weighted by atomic mass is 19.1. The summed E-state index contributed by atoms with van der Waals surface area (Å²) < 4.78 is 24.7. The fraction of sp³-hybridized carbons (Fsp3) is 0.625. The van der Waals surface area contributed by atoms with E-state index in [0.29, 0.717) is 6.54 Å². The van der Waals surface area contributed by atoms with E-state index in [9.17, 15) is 4.39 Å². The number of hydrogen-bond acceptors (Lipinski definition) is 4. The molecule has 1 aromatic rings. The summed E-state index contributed by atoms with van der Waals surface area (Å²) in [5.41, 5.74) is 1.86. The molecule has 1 aliphatic heterocycles. The molecule has 0 bridgehead atoms. The van der Waals surface area contributed by atoms with Gasteiger partial charge in [-0.3, -0.25) is 0 Å². The molecular formula is C16H25FN2O2. The summed E-state index contributed by atoms with van der Waals surface area (Å²) in [7, 11) is 3.37. The van der Waals surface area contributed by atoms with Gasteiger partial charge in [0, 0.05) is 39.5 Å². The Kier molecular flexibility index (Phi) is 5.96. The third-order valence-electron chi connectivity index (χ3n) is 3.88. The first-order valence-electron chi connectivity index (χ1n) is 7.48. The van der Waals surface area contributed by atoms with Gasteiger partial charge in [-0.1, -0.05) is 6.92 Å². The minimum absolute atomic E-state index is 0.0277. The Morgan fingerprint density at radius 3 is 2.43 bits per heavy atom. The fourth-order valence-electron chi connectivity index (χ4n) is 2.74. The molecule has 4 nitrogen and oxygen atoms in total. The van der Waals surface area contributed by atoms with Gasteiger partial charge in [0.1, 0.15) is 18.0 Å². The van der Waals surface area contributed by atoms with Crippen LogP contribution >= 0.6 is 0 Å². The van der Waals surface area contributed by atoms with E-state index in [2.05, 4.69) is 17.1 Å². The van der Waals surface area contributed by atoms with Gasteiger partial charge in [-0.15, -0.1) is 0 Å². The number of hydrogen-bond donors (Lipinski definition) is 1. The molecule has 5 heteroatoms. The molecule has 1 fully saturated rings. The lowest BCUT2D eigenvalue weighted by molar-refractivity contribution is -0.00461. The van der Waals surface area contributed by atoms with Crippen molar-refractivity contribution in [3.05, 3.63) is 29.6 Å². The van der Waals surface area contributed by atoms with Gasteiger partial charge < -0.3 is 19.7 Å². The number of methoxy groups -OCH3 is 2. The van der Waals surface area contributed by atoms with Crippen molar-refractivity contribution in [2.75, 3.05) is 38.8 Å². The zero-order valence-electron chi connectivity index (χ0n) is 13.1. The largest absolute Gasteiger partial charge is 0.377 e. The molecule has 1 heterocycles. The third kappa shape index (κ3) is 4.15. The summed E-state index contributed by atoms with van der Waals surface area (Å²) in [6, 6.07) is 5.20. The molecule has 0 spiro atoms. The van der Waals surface area contributed by atoms with E-state index in [4.69, 9.17) is 9.47 Å².